The molecule has 0 aromatic heterocycles. The fourth-order valence-corrected chi connectivity index (χ4v) is 1.22. The first-order valence-corrected chi connectivity index (χ1v) is 3.71. The Morgan fingerprint density at radius 3 is 2.83 bits per heavy atom. The highest BCUT2D eigenvalue weighted by Gasteiger charge is 2.33. The first kappa shape index (κ1) is 9.28. The van der Waals surface area contributed by atoms with Gasteiger partial charge in [-0.05, 0) is 12.5 Å². The first-order valence-electron chi connectivity index (χ1n) is 3.71. The summed E-state index contributed by atoms with van der Waals surface area (Å²) in [6.45, 7) is 1.62. The van der Waals surface area contributed by atoms with Crippen LogP contribution in [0, 0.1) is 0 Å². The van der Waals surface area contributed by atoms with Crippen LogP contribution < -0.4 is 0 Å². The number of aliphatic hydroxyl groups is 2. The Kier molecular flexibility index (Phi) is 2.88. The summed E-state index contributed by atoms with van der Waals surface area (Å²) in [5.41, 5.74) is 8.13. The molecule has 12 heavy (non-hydrogen) atoms. The van der Waals surface area contributed by atoms with Gasteiger partial charge in [0.15, 0.2) is 6.29 Å². The molecule has 2 N–H and O–H groups in total. The van der Waals surface area contributed by atoms with Gasteiger partial charge >= 0.3 is 0 Å². The van der Waals surface area contributed by atoms with E-state index in [-0.39, 0.29) is 6.42 Å². The van der Waals surface area contributed by atoms with E-state index >= 15 is 0 Å². The van der Waals surface area contributed by atoms with E-state index in [0.717, 1.165) is 0 Å². The minimum absolute atomic E-state index is 0.148. The van der Waals surface area contributed by atoms with Crippen molar-refractivity contribution in [2.24, 2.45) is 5.11 Å². The van der Waals surface area contributed by atoms with E-state index in [4.69, 9.17) is 15.4 Å². The normalized spacial score (nSPS) is 41.9. The van der Waals surface area contributed by atoms with Crippen molar-refractivity contribution in [1.82, 2.24) is 0 Å². The molecule has 1 unspecified atom stereocenters. The molecule has 0 spiro atoms. The second-order valence-electron chi connectivity index (χ2n) is 2.79. The van der Waals surface area contributed by atoms with E-state index < -0.39 is 24.5 Å². The predicted molar refractivity (Wildman–Crippen MR) is 40.1 cm³/mol. The lowest BCUT2D eigenvalue weighted by atomic mass is 10.0. The van der Waals surface area contributed by atoms with E-state index in [1.165, 1.54) is 0 Å². The van der Waals surface area contributed by atoms with Crippen LogP contribution in [-0.2, 0) is 4.74 Å². The van der Waals surface area contributed by atoms with Crippen LogP contribution >= 0.6 is 0 Å². The number of aliphatic hydroxyl groups excluding tert-OH is 2. The van der Waals surface area contributed by atoms with E-state index in [1.54, 1.807) is 6.92 Å². The maximum Gasteiger partial charge on any atom is 0.155 e. The molecule has 6 nitrogen and oxygen atoms in total. The number of hydrogen-bond donors (Lipinski definition) is 2. The fourth-order valence-electron chi connectivity index (χ4n) is 1.22. The molecule has 4 atom stereocenters. The monoisotopic (exact) mass is 173 g/mol. The third kappa shape index (κ3) is 1.86. The fraction of sp³-hybridized carbons (Fsp3) is 1.00. The van der Waals surface area contributed by atoms with Gasteiger partial charge in [-0.3, -0.25) is 0 Å². The van der Waals surface area contributed by atoms with E-state index in [1.807, 2.05) is 0 Å². The average molecular weight is 173 g/mol. The molecule has 1 aliphatic heterocycles. The molecule has 1 aliphatic rings. The topological polar surface area (TPSA) is 98.5 Å². The van der Waals surface area contributed by atoms with Gasteiger partial charge in [0.1, 0.15) is 0 Å². The molecule has 6 heteroatoms. The number of nitrogens with zero attached hydrogens (tertiary/aromatic N) is 3. The molecule has 0 aliphatic carbocycles. The lowest BCUT2D eigenvalue weighted by molar-refractivity contribution is -0.198. The smallest absolute Gasteiger partial charge is 0.155 e. The second-order valence-corrected chi connectivity index (χ2v) is 2.79. The van der Waals surface area contributed by atoms with Crippen molar-refractivity contribution in [3.63, 3.8) is 0 Å². The quantitative estimate of drug-likeness (QED) is 0.335. The predicted octanol–water partition coefficient (Wildman–Crippen LogP) is 0.153. The summed E-state index contributed by atoms with van der Waals surface area (Å²) in [7, 11) is 0. The number of ether oxygens (including phenoxy) is 1. The third-order valence-electron chi connectivity index (χ3n) is 1.89. The van der Waals surface area contributed by atoms with Crippen molar-refractivity contribution >= 4 is 0 Å². The molecule has 0 saturated carbocycles. The van der Waals surface area contributed by atoms with Gasteiger partial charge < -0.3 is 14.9 Å². The largest absolute Gasteiger partial charge is 0.390 e. The van der Waals surface area contributed by atoms with E-state index in [9.17, 15) is 5.11 Å². The van der Waals surface area contributed by atoms with Gasteiger partial charge in [0.2, 0.25) is 0 Å². The van der Waals surface area contributed by atoms with Crippen LogP contribution in [-0.4, -0.2) is 34.8 Å². The minimum atomic E-state index is -0.945. The van der Waals surface area contributed by atoms with Crippen LogP contribution in [0.2, 0.25) is 0 Å². The highest BCUT2D eigenvalue weighted by Crippen LogP contribution is 2.21. The summed E-state index contributed by atoms with van der Waals surface area (Å²) in [5.74, 6) is 0. The molecule has 1 rings (SSSR count). The molecular weight excluding hydrogens is 162 g/mol. The van der Waals surface area contributed by atoms with E-state index in [0.29, 0.717) is 0 Å². The van der Waals surface area contributed by atoms with Gasteiger partial charge in [0, 0.05) is 11.3 Å². The van der Waals surface area contributed by atoms with E-state index in [2.05, 4.69) is 10.0 Å². The Labute approximate surface area is 69.4 Å². The SMILES string of the molecule is C[C@@H]1OC(O)C[C@@H](N=[N+]=[N-])[C@@H]1O. The molecule has 1 fully saturated rings. The van der Waals surface area contributed by atoms with Crippen LogP contribution in [0.1, 0.15) is 13.3 Å². The summed E-state index contributed by atoms with van der Waals surface area (Å²) < 4.78 is 4.90. The Morgan fingerprint density at radius 1 is 1.58 bits per heavy atom. The van der Waals surface area contributed by atoms with Crippen molar-refractivity contribution in [2.45, 2.75) is 37.9 Å². The van der Waals surface area contributed by atoms with Crippen LogP contribution in [0.4, 0.5) is 0 Å². The average Bonchev–Trinajstić information content (AvgIpc) is 2.00. The molecule has 68 valence electrons. The molecule has 0 aromatic rings. The summed E-state index contributed by atoms with van der Waals surface area (Å²) in [6, 6.07) is -0.589. The van der Waals surface area contributed by atoms with Crippen molar-refractivity contribution < 1.29 is 14.9 Å². The summed E-state index contributed by atoms with van der Waals surface area (Å²) in [6.07, 6.45) is -2.12. The van der Waals surface area contributed by atoms with Crippen LogP contribution in [0.15, 0.2) is 5.11 Å². The van der Waals surface area contributed by atoms with Gasteiger partial charge in [0.25, 0.3) is 0 Å². The molecule has 1 heterocycles. The second kappa shape index (κ2) is 3.73. The van der Waals surface area contributed by atoms with Gasteiger partial charge in [-0.1, -0.05) is 5.11 Å². The molecule has 1 saturated heterocycles. The Hall–Kier alpha value is -0.810. The van der Waals surface area contributed by atoms with Crippen LogP contribution in [0.3, 0.4) is 0 Å². The van der Waals surface area contributed by atoms with Crippen LogP contribution in [0.25, 0.3) is 10.4 Å². The molecule has 0 bridgehead atoms. The maximum atomic E-state index is 9.39. The summed E-state index contributed by atoms with van der Waals surface area (Å²) >= 11 is 0. The Bertz CT molecular complexity index is 204. The van der Waals surface area contributed by atoms with Gasteiger partial charge in [-0.15, -0.1) is 0 Å². The Morgan fingerprint density at radius 2 is 2.25 bits per heavy atom. The third-order valence-corrected chi connectivity index (χ3v) is 1.89. The highest BCUT2D eigenvalue weighted by atomic mass is 16.6. The Balaban J connectivity index is 2.65. The molecule has 0 radical (unpaired) electrons. The lowest BCUT2D eigenvalue weighted by Gasteiger charge is -2.33. The maximum absolute atomic E-state index is 9.39. The van der Waals surface area contributed by atoms with Crippen molar-refractivity contribution in [3.05, 3.63) is 10.4 Å². The molecular formula is C6H11N3O3. The van der Waals surface area contributed by atoms with Crippen molar-refractivity contribution in [2.75, 3.05) is 0 Å². The standard InChI is InChI=1S/C6H11N3O3/c1-3-6(11)4(8-9-7)2-5(10)12-3/h3-6,10-11H,2H2,1H3/t3-,4+,5?,6+/m0/s1. The van der Waals surface area contributed by atoms with Gasteiger partial charge in [0.05, 0.1) is 18.2 Å². The van der Waals surface area contributed by atoms with Crippen molar-refractivity contribution in [1.29, 1.82) is 0 Å². The van der Waals surface area contributed by atoms with Gasteiger partial charge in [-0.2, -0.15) is 0 Å². The first-order chi connectivity index (χ1) is 5.65. The van der Waals surface area contributed by atoms with Crippen LogP contribution in [0.5, 0.6) is 0 Å². The number of azide groups is 1. The lowest BCUT2D eigenvalue weighted by Crippen LogP contribution is -2.45. The summed E-state index contributed by atoms with van der Waals surface area (Å²) in [5, 5.41) is 21.8. The number of hydrogen-bond acceptors (Lipinski definition) is 4. The molecule has 0 aromatic carbocycles. The highest BCUT2D eigenvalue weighted by molar-refractivity contribution is 4.85. The summed E-state index contributed by atoms with van der Waals surface area (Å²) in [4.78, 5) is 2.58. The zero-order valence-electron chi connectivity index (χ0n) is 6.66. The number of rotatable bonds is 1. The van der Waals surface area contributed by atoms with Gasteiger partial charge in [-0.25, -0.2) is 0 Å². The molecule has 0 amide bonds. The minimum Gasteiger partial charge on any atom is -0.390 e. The zero-order chi connectivity index (χ0) is 9.14. The zero-order valence-corrected chi connectivity index (χ0v) is 6.66. The van der Waals surface area contributed by atoms with Crippen molar-refractivity contribution in [3.8, 4) is 0 Å².